The maximum absolute atomic E-state index is 12.4. The van der Waals surface area contributed by atoms with Crippen molar-refractivity contribution in [3.8, 4) is 17.2 Å². The topological polar surface area (TPSA) is 85.9 Å². The predicted molar refractivity (Wildman–Crippen MR) is 134 cm³/mol. The van der Waals surface area contributed by atoms with E-state index in [-0.39, 0.29) is 37.4 Å². The lowest BCUT2D eigenvalue weighted by Crippen LogP contribution is -2.26. The maximum atomic E-state index is 12.4. The quantitative estimate of drug-likeness (QED) is 0.420. The summed E-state index contributed by atoms with van der Waals surface area (Å²) in [7, 11) is 0. The third-order valence-electron chi connectivity index (χ3n) is 5.63. The summed E-state index contributed by atoms with van der Waals surface area (Å²) in [5, 5.41) is 5.78. The molecule has 0 spiro atoms. The van der Waals surface area contributed by atoms with Gasteiger partial charge in [-0.3, -0.25) is 9.59 Å². The van der Waals surface area contributed by atoms with Gasteiger partial charge in [0.15, 0.2) is 11.5 Å². The molecule has 0 aromatic heterocycles. The molecule has 7 nitrogen and oxygen atoms in total. The van der Waals surface area contributed by atoms with Crippen molar-refractivity contribution in [1.29, 1.82) is 0 Å². The number of fused-ring (bicyclic) bond motifs is 1. The van der Waals surface area contributed by atoms with Crippen molar-refractivity contribution < 1.29 is 23.8 Å². The first kappa shape index (κ1) is 24.1. The maximum Gasteiger partial charge on any atom is 0.231 e. The third kappa shape index (κ3) is 7.50. The zero-order valence-electron chi connectivity index (χ0n) is 19.8. The van der Waals surface area contributed by atoms with E-state index in [4.69, 9.17) is 14.2 Å². The first-order chi connectivity index (χ1) is 17.0. The minimum absolute atomic E-state index is 0.0904. The van der Waals surface area contributed by atoms with Crippen LogP contribution in [0.5, 0.6) is 17.2 Å². The molecule has 0 bridgehead atoms. The number of rotatable bonds is 11. The Morgan fingerprint density at radius 3 is 2.43 bits per heavy atom. The second kappa shape index (κ2) is 11.9. The Morgan fingerprint density at radius 2 is 1.63 bits per heavy atom. The fourth-order valence-electron chi connectivity index (χ4n) is 3.81. The zero-order chi connectivity index (χ0) is 24.5. The smallest absolute Gasteiger partial charge is 0.231 e. The molecule has 2 N–H and O–H groups in total. The van der Waals surface area contributed by atoms with Gasteiger partial charge in [-0.1, -0.05) is 43.3 Å². The van der Waals surface area contributed by atoms with Crippen molar-refractivity contribution in [3.05, 3.63) is 83.9 Å². The molecule has 2 amide bonds. The van der Waals surface area contributed by atoms with Gasteiger partial charge in [-0.05, 0) is 53.4 Å². The standard InChI is InChI=1S/C28H30N2O5/c1-20(15-27(31)29-18-22-7-12-25-26(17-22)35-19-34-25)16-28(32)30-23-8-10-24(11-9-23)33-14-13-21-5-3-2-4-6-21/h2-12,17,20H,13-16,18-19H2,1H3,(H,29,31)(H,30,32)/t20-/m0/s1. The second-order valence-electron chi connectivity index (χ2n) is 8.63. The van der Waals surface area contributed by atoms with E-state index in [1.165, 1.54) is 5.56 Å². The van der Waals surface area contributed by atoms with Crippen LogP contribution in [0, 0.1) is 5.92 Å². The third-order valence-corrected chi connectivity index (χ3v) is 5.63. The molecule has 7 heteroatoms. The highest BCUT2D eigenvalue weighted by atomic mass is 16.7. The van der Waals surface area contributed by atoms with Crippen LogP contribution < -0.4 is 24.8 Å². The fraction of sp³-hybridized carbons (Fsp3) is 0.286. The van der Waals surface area contributed by atoms with Crippen LogP contribution >= 0.6 is 0 Å². The van der Waals surface area contributed by atoms with Gasteiger partial charge in [0, 0.05) is 31.5 Å². The lowest BCUT2D eigenvalue weighted by molar-refractivity contribution is -0.122. The van der Waals surface area contributed by atoms with Gasteiger partial charge in [0.25, 0.3) is 0 Å². The molecule has 0 radical (unpaired) electrons. The van der Waals surface area contributed by atoms with E-state index >= 15 is 0 Å². The van der Waals surface area contributed by atoms with E-state index in [0.29, 0.717) is 30.3 Å². The monoisotopic (exact) mass is 474 g/mol. The molecular formula is C28H30N2O5. The van der Waals surface area contributed by atoms with Crippen molar-refractivity contribution in [2.24, 2.45) is 5.92 Å². The van der Waals surface area contributed by atoms with Crippen LogP contribution in [0.25, 0.3) is 0 Å². The number of amides is 2. The van der Waals surface area contributed by atoms with Crippen LogP contribution in [-0.2, 0) is 22.6 Å². The van der Waals surface area contributed by atoms with E-state index in [0.717, 1.165) is 17.7 Å². The molecule has 1 aliphatic heterocycles. The first-order valence-corrected chi connectivity index (χ1v) is 11.8. The number of hydrogen-bond acceptors (Lipinski definition) is 5. The molecule has 1 aliphatic rings. The summed E-state index contributed by atoms with van der Waals surface area (Å²) >= 11 is 0. The molecule has 0 saturated carbocycles. The average Bonchev–Trinajstić information content (AvgIpc) is 3.32. The van der Waals surface area contributed by atoms with Crippen molar-refractivity contribution in [2.45, 2.75) is 32.7 Å². The molecular weight excluding hydrogens is 444 g/mol. The minimum Gasteiger partial charge on any atom is -0.493 e. The summed E-state index contributed by atoms with van der Waals surface area (Å²) in [4.78, 5) is 24.7. The van der Waals surface area contributed by atoms with Crippen molar-refractivity contribution in [2.75, 3.05) is 18.7 Å². The van der Waals surface area contributed by atoms with Crippen LogP contribution in [0.1, 0.15) is 30.9 Å². The Bertz CT molecular complexity index is 1130. The Hall–Kier alpha value is -4.00. The van der Waals surface area contributed by atoms with Crippen LogP contribution in [0.3, 0.4) is 0 Å². The zero-order valence-corrected chi connectivity index (χ0v) is 19.8. The number of ether oxygens (including phenoxy) is 3. The molecule has 0 fully saturated rings. The molecule has 3 aromatic carbocycles. The van der Waals surface area contributed by atoms with Crippen molar-refractivity contribution >= 4 is 17.5 Å². The lowest BCUT2D eigenvalue weighted by Gasteiger charge is -2.13. The number of nitrogens with one attached hydrogen (secondary N) is 2. The number of hydrogen-bond donors (Lipinski definition) is 2. The second-order valence-corrected chi connectivity index (χ2v) is 8.63. The first-order valence-electron chi connectivity index (χ1n) is 11.8. The summed E-state index contributed by atoms with van der Waals surface area (Å²) in [6.45, 7) is 3.10. The SMILES string of the molecule is C[C@@H](CC(=O)NCc1ccc2c(c1)OCO2)CC(=O)Nc1ccc(OCCc2ccccc2)cc1. The molecule has 0 unspecified atom stereocenters. The van der Waals surface area contributed by atoms with Gasteiger partial charge in [0.05, 0.1) is 6.61 Å². The van der Waals surface area contributed by atoms with Crippen LogP contribution in [0.15, 0.2) is 72.8 Å². The van der Waals surface area contributed by atoms with E-state index in [2.05, 4.69) is 22.8 Å². The summed E-state index contributed by atoms with van der Waals surface area (Å²) in [6, 6.07) is 23.1. The van der Waals surface area contributed by atoms with Gasteiger partial charge in [0.2, 0.25) is 18.6 Å². The van der Waals surface area contributed by atoms with E-state index in [1.807, 2.05) is 67.6 Å². The number of carbonyl (C=O) groups is 2. The molecule has 182 valence electrons. The van der Waals surface area contributed by atoms with E-state index < -0.39 is 0 Å². The van der Waals surface area contributed by atoms with Gasteiger partial charge in [-0.15, -0.1) is 0 Å². The normalized spacial score (nSPS) is 12.6. The predicted octanol–water partition coefficient (Wildman–Crippen LogP) is 4.71. The highest BCUT2D eigenvalue weighted by Gasteiger charge is 2.16. The largest absolute Gasteiger partial charge is 0.493 e. The number of anilines is 1. The van der Waals surface area contributed by atoms with Gasteiger partial charge >= 0.3 is 0 Å². The van der Waals surface area contributed by atoms with Crippen molar-refractivity contribution in [3.63, 3.8) is 0 Å². The van der Waals surface area contributed by atoms with Gasteiger partial charge in [0.1, 0.15) is 5.75 Å². The minimum atomic E-state index is -0.126. The molecule has 1 heterocycles. The van der Waals surface area contributed by atoms with Crippen LogP contribution in [-0.4, -0.2) is 25.2 Å². The Morgan fingerprint density at radius 1 is 0.886 bits per heavy atom. The van der Waals surface area contributed by atoms with Crippen molar-refractivity contribution in [1.82, 2.24) is 5.32 Å². The highest BCUT2D eigenvalue weighted by Crippen LogP contribution is 2.32. The summed E-state index contributed by atoms with van der Waals surface area (Å²) in [5.41, 5.74) is 2.86. The molecule has 0 saturated heterocycles. The van der Waals surface area contributed by atoms with E-state index in [1.54, 1.807) is 0 Å². The highest BCUT2D eigenvalue weighted by molar-refractivity contribution is 5.91. The fourth-order valence-corrected chi connectivity index (χ4v) is 3.81. The Balaban J connectivity index is 1.14. The lowest BCUT2D eigenvalue weighted by atomic mass is 10.0. The van der Waals surface area contributed by atoms with Crippen LogP contribution in [0.4, 0.5) is 5.69 Å². The number of benzene rings is 3. The van der Waals surface area contributed by atoms with Gasteiger partial charge in [-0.25, -0.2) is 0 Å². The Labute approximate surface area is 205 Å². The molecule has 4 rings (SSSR count). The van der Waals surface area contributed by atoms with Crippen LogP contribution in [0.2, 0.25) is 0 Å². The van der Waals surface area contributed by atoms with E-state index in [9.17, 15) is 9.59 Å². The van der Waals surface area contributed by atoms with Gasteiger partial charge < -0.3 is 24.8 Å². The average molecular weight is 475 g/mol. The number of carbonyl (C=O) groups excluding carboxylic acids is 2. The summed E-state index contributed by atoms with van der Waals surface area (Å²) in [5.74, 6) is 1.84. The molecule has 0 aliphatic carbocycles. The summed E-state index contributed by atoms with van der Waals surface area (Å²) < 4.78 is 16.4. The Kier molecular flexibility index (Phi) is 8.22. The molecule has 1 atom stereocenters. The molecule has 3 aromatic rings. The van der Waals surface area contributed by atoms with Gasteiger partial charge in [-0.2, -0.15) is 0 Å². The molecule has 35 heavy (non-hydrogen) atoms. The summed E-state index contributed by atoms with van der Waals surface area (Å²) in [6.07, 6.45) is 1.36.